The van der Waals surface area contributed by atoms with Crippen LogP contribution in [-0.4, -0.2) is 59.4 Å². The maximum Gasteiger partial charge on any atom is 0.228 e. The van der Waals surface area contributed by atoms with E-state index in [1.807, 2.05) is 0 Å². The largest absolute Gasteiger partial charge is 0.381 e. The summed E-state index contributed by atoms with van der Waals surface area (Å²) in [6, 6.07) is 0.779. The van der Waals surface area contributed by atoms with Gasteiger partial charge < -0.3 is 14.5 Å². The summed E-state index contributed by atoms with van der Waals surface area (Å²) < 4.78 is 5.35. The number of anilines is 1. The summed E-state index contributed by atoms with van der Waals surface area (Å²) in [6.45, 7) is 3.19. The second-order valence-electron chi connectivity index (χ2n) is 5.72. The molecule has 0 aliphatic carbocycles. The average Bonchev–Trinajstić information content (AvgIpc) is 3.21. The summed E-state index contributed by atoms with van der Waals surface area (Å²) in [5.41, 5.74) is 1.77. The predicted octanol–water partition coefficient (Wildman–Crippen LogP) is 0.754. The minimum Gasteiger partial charge on any atom is -0.381 e. The first-order chi connectivity index (χ1) is 9.84. The number of hydrogen-bond acceptors (Lipinski definition) is 6. The van der Waals surface area contributed by atoms with Crippen LogP contribution < -0.4 is 4.90 Å². The molecule has 0 saturated carbocycles. The molecule has 0 aromatic carbocycles. The molecule has 108 valence electrons. The van der Waals surface area contributed by atoms with E-state index in [1.54, 1.807) is 16.8 Å². The lowest BCUT2D eigenvalue weighted by Gasteiger charge is -2.26. The fourth-order valence-electron chi connectivity index (χ4n) is 3.75. The Morgan fingerprint density at radius 2 is 2.20 bits per heavy atom. The van der Waals surface area contributed by atoms with Gasteiger partial charge in [0.2, 0.25) is 11.0 Å². The molecule has 0 spiro atoms. The molecule has 3 aliphatic heterocycles. The van der Waals surface area contributed by atoms with Crippen LogP contribution in [0.2, 0.25) is 0 Å². The zero-order valence-electron chi connectivity index (χ0n) is 11.3. The summed E-state index contributed by atoms with van der Waals surface area (Å²) in [6.07, 6.45) is 2.97. The molecule has 20 heavy (non-hydrogen) atoms. The van der Waals surface area contributed by atoms with Gasteiger partial charge in [-0.2, -0.15) is 0 Å². The number of carbonyl (C=O) groups is 1. The summed E-state index contributed by atoms with van der Waals surface area (Å²) in [7, 11) is 0. The SMILES string of the molecule is O=C(C1CCOC1)N1CC[C@H]2[C@H]1CCN2c1nncs1. The van der Waals surface area contributed by atoms with Gasteiger partial charge in [0.15, 0.2) is 0 Å². The van der Waals surface area contributed by atoms with Gasteiger partial charge in [-0.15, -0.1) is 10.2 Å². The van der Waals surface area contributed by atoms with Gasteiger partial charge in [0.05, 0.1) is 24.6 Å². The highest BCUT2D eigenvalue weighted by Crippen LogP contribution is 2.36. The number of likely N-dealkylation sites (tertiary alicyclic amines) is 1. The van der Waals surface area contributed by atoms with Crippen LogP contribution in [0.3, 0.4) is 0 Å². The van der Waals surface area contributed by atoms with Crippen molar-refractivity contribution in [1.29, 1.82) is 0 Å². The van der Waals surface area contributed by atoms with E-state index in [0.717, 1.165) is 44.1 Å². The third-order valence-electron chi connectivity index (χ3n) is 4.73. The van der Waals surface area contributed by atoms with E-state index in [4.69, 9.17) is 4.74 Å². The minimum absolute atomic E-state index is 0.0873. The lowest BCUT2D eigenvalue weighted by atomic mass is 10.1. The van der Waals surface area contributed by atoms with E-state index in [-0.39, 0.29) is 5.92 Å². The molecular weight excluding hydrogens is 276 g/mol. The van der Waals surface area contributed by atoms with Crippen molar-refractivity contribution in [3.63, 3.8) is 0 Å². The van der Waals surface area contributed by atoms with E-state index >= 15 is 0 Å². The van der Waals surface area contributed by atoms with Gasteiger partial charge in [-0.3, -0.25) is 4.79 Å². The number of nitrogens with zero attached hydrogens (tertiary/aromatic N) is 4. The first-order valence-corrected chi connectivity index (χ1v) is 8.13. The quantitative estimate of drug-likeness (QED) is 0.806. The zero-order chi connectivity index (χ0) is 13.5. The average molecular weight is 294 g/mol. The lowest BCUT2D eigenvalue weighted by Crippen LogP contribution is -2.42. The van der Waals surface area contributed by atoms with Crippen LogP contribution in [0.5, 0.6) is 0 Å². The van der Waals surface area contributed by atoms with Gasteiger partial charge in [0.1, 0.15) is 5.51 Å². The van der Waals surface area contributed by atoms with E-state index in [2.05, 4.69) is 20.0 Å². The number of aromatic nitrogens is 2. The van der Waals surface area contributed by atoms with Crippen LogP contribution >= 0.6 is 11.3 Å². The Morgan fingerprint density at radius 3 is 2.95 bits per heavy atom. The summed E-state index contributed by atoms with van der Waals surface area (Å²) in [5, 5.41) is 9.10. The fourth-order valence-corrected chi connectivity index (χ4v) is 4.40. The minimum atomic E-state index is 0.0873. The van der Waals surface area contributed by atoms with Crippen molar-refractivity contribution in [3.05, 3.63) is 5.51 Å². The Kier molecular flexibility index (Phi) is 3.11. The molecule has 3 saturated heterocycles. The van der Waals surface area contributed by atoms with E-state index < -0.39 is 0 Å². The second kappa shape index (κ2) is 4.96. The monoisotopic (exact) mass is 294 g/mol. The lowest BCUT2D eigenvalue weighted by molar-refractivity contribution is -0.136. The van der Waals surface area contributed by atoms with E-state index in [9.17, 15) is 4.79 Å². The molecule has 1 aromatic heterocycles. The number of rotatable bonds is 2. The van der Waals surface area contributed by atoms with Crippen LogP contribution in [0.1, 0.15) is 19.3 Å². The predicted molar refractivity (Wildman–Crippen MR) is 74.7 cm³/mol. The van der Waals surface area contributed by atoms with Crippen LogP contribution in [0.25, 0.3) is 0 Å². The Hall–Kier alpha value is -1.21. The van der Waals surface area contributed by atoms with Gasteiger partial charge >= 0.3 is 0 Å². The third kappa shape index (κ3) is 1.91. The Bertz CT molecular complexity index is 489. The normalized spacial score (nSPS) is 32.9. The molecule has 0 N–H and O–H groups in total. The smallest absolute Gasteiger partial charge is 0.228 e. The molecule has 1 amide bonds. The van der Waals surface area contributed by atoms with Gasteiger partial charge in [-0.25, -0.2) is 0 Å². The Morgan fingerprint density at radius 1 is 1.30 bits per heavy atom. The van der Waals surface area contributed by atoms with Crippen molar-refractivity contribution < 1.29 is 9.53 Å². The molecule has 6 nitrogen and oxygen atoms in total. The van der Waals surface area contributed by atoms with Crippen LogP contribution in [0.15, 0.2) is 5.51 Å². The topological polar surface area (TPSA) is 58.6 Å². The van der Waals surface area contributed by atoms with Crippen molar-refractivity contribution in [2.75, 3.05) is 31.2 Å². The highest BCUT2D eigenvalue weighted by molar-refractivity contribution is 7.13. The van der Waals surface area contributed by atoms with Crippen molar-refractivity contribution in [2.45, 2.75) is 31.3 Å². The maximum atomic E-state index is 12.6. The maximum absolute atomic E-state index is 12.6. The molecule has 4 rings (SSSR count). The highest BCUT2D eigenvalue weighted by Gasteiger charge is 2.46. The molecule has 7 heteroatoms. The number of hydrogen-bond donors (Lipinski definition) is 0. The summed E-state index contributed by atoms with van der Waals surface area (Å²) >= 11 is 1.58. The zero-order valence-corrected chi connectivity index (χ0v) is 12.1. The molecule has 3 aliphatic rings. The van der Waals surface area contributed by atoms with Gasteiger partial charge in [0.25, 0.3) is 0 Å². The standard InChI is InChI=1S/C13H18N4O2S/c18-12(9-3-6-19-7-9)16-4-1-11-10(16)2-5-17(11)13-15-14-8-20-13/h8-11H,1-7H2/t9?,10-,11+/m1/s1. The second-order valence-corrected chi connectivity index (χ2v) is 6.53. The molecule has 0 radical (unpaired) electrons. The van der Waals surface area contributed by atoms with E-state index in [0.29, 0.717) is 24.6 Å². The van der Waals surface area contributed by atoms with Crippen molar-refractivity contribution >= 4 is 22.4 Å². The van der Waals surface area contributed by atoms with Crippen molar-refractivity contribution in [3.8, 4) is 0 Å². The van der Waals surface area contributed by atoms with Gasteiger partial charge in [0, 0.05) is 19.7 Å². The number of fused-ring (bicyclic) bond motifs is 1. The van der Waals surface area contributed by atoms with Crippen LogP contribution in [0.4, 0.5) is 5.13 Å². The fraction of sp³-hybridized carbons (Fsp3) is 0.769. The molecular formula is C13H18N4O2S. The molecule has 3 fully saturated rings. The Labute approximate surface area is 121 Å². The van der Waals surface area contributed by atoms with Crippen LogP contribution in [-0.2, 0) is 9.53 Å². The summed E-state index contributed by atoms with van der Waals surface area (Å²) in [4.78, 5) is 17.0. The number of carbonyl (C=O) groups excluding carboxylic acids is 1. The third-order valence-corrected chi connectivity index (χ3v) is 5.46. The number of ether oxygens (including phenoxy) is 1. The molecule has 1 unspecified atom stereocenters. The van der Waals surface area contributed by atoms with Crippen LogP contribution in [0, 0.1) is 5.92 Å². The molecule has 4 heterocycles. The van der Waals surface area contributed by atoms with Gasteiger partial charge in [-0.1, -0.05) is 11.3 Å². The van der Waals surface area contributed by atoms with Crippen molar-refractivity contribution in [2.24, 2.45) is 5.92 Å². The van der Waals surface area contributed by atoms with Crippen molar-refractivity contribution in [1.82, 2.24) is 15.1 Å². The Balaban J connectivity index is 1.49. The summed E-state index contributed by atoms with van der Waals surface area (Å²) in [5.74, 6) is 0.387. The molecule has 1 aromatic rings. The number of amides is 1. The first-order valence-electron chi connectivity index (χ1n) is 7.25. The first kappa shape index (κ1) is 12.5. The molecule has 0 bridgehead atoms. The van der Waals surface area contributed by atoms with E-state index in [1.165, 1.54) is 0 Å². The highest BCUT2D eigenvalue weighted by atomic mass is 32.1. The molecule has 3 atom stereocenters. The van der Waals surface area contributed by atoms with Gasteiger partial charge in [-0.05, 0) is 19.3 Å².